The summed E-state index contributed by atoms with van der Waals surface area (Å²) in [7, 11) is 0. The molecule has 1 aromatic carbocycles. The maximum Gasteiger partial charge on any atom is 0.0540 e. The molecule has 0 atom stereocenters. The summed E-state index contributed by atoms with van der Waals surface area (Å²) in [6.45, 7) is 11.4. The van der Waals surface area contributed by atoms with E-state index in [0.717, 1.165) is 11.8 Å². The van der Waals surface area contributed by atoms with Crippen molar-refractivity contribution >= 4 is 21.6 Å². The fourth-order valence-electron chi connectivity index (χ4n) is 2.43. The van der Waals surface area contributed by atoms with E-state index in [1.807, 2.05) is 0 Å². The van der Waals surface area contributed by atoms with Crippen molar-refractivity contribution in [3.05, 3.63) is 27.7 Å². The SMILES string of the molecule is Cc1cc(C)c(N2CC(C(C)C)C2)c(Br)c1. The minimum atomic E-state index is 0.806. The summed E-state index contributed by atoms with van der Waals surface area (Å²) < 4.78 is 1.24. The van der Waals surface area contributed by atoms with Gasteiger partial charge in [0.25, 0.3) is 0 Å². The molecule has 1 fully saturated rings. The monoisotopic (exact) mass is 281 g/mol. The van der Waals surface area contributed by atoms with E-state index in [9.17, 15) is 0 Å². The van der Waals surface area contributed by atoms with Gasteiger partial charge in [-0.15, -0.1) is 0 Å². The van der Waals surface area contributed by atoms with Crippen LogP contribution in [-0.4, -0.2) is 13.1 Å². The Bertz CT molecular complexity index is 369. The third-order valence-corrected chi connectivity index (χ3v) is 4.17. The van der Waals surface area contributed by atoms with Gasteiger partial charge in [-0.25, -0.2) is 0 Å². The number of hydrogen-bond donors (Lipinski definition) is 0. The highest BCUT2D eigenvalue weighted by Gasteiger charge is 2.30. The summed E-state index contributed by atoms with van der Waals surface area (Å²) in [5, 5.41) is 0. The predicted molar refractivity (Wildman–Crippen MR) is 74.2 cm³/mol. The molecule has 0 aliphatic carbocycles. The first-order valence-corrected chi connectivity index (χ1v) is 6.80. The normalized spacial score (nSPS) is 16.8. The molecule has 16 heavy (non-hydrogen) atoms. The Balaban J connectivity index is 2.18. The number of benzene rings is 1. The van der Waals surface area contributed by atoms with Crippen molar-refractivity contribution in [3.8, 4) is 0 Å². The Kier molecular flexibility index (Phi) is 3.29. The van der Waals surface area contributed by atoms with Crippen LogP contribution in [0.15, 0.2) is 16.6 Å². The van der Waals surface area contributed by atoms with Crippen LogP contribution in [0.3, 0.4) is 0 Å². The van der Waals surface area contributed by atoms with Gasteiger partial charge in [0.2, 0.25) is 0 Å². The number of nitrogens with zero attached hydrogens (tertiary/aromatic N) is 1. The molecule has 0 radical (unpaired) electrons. The maximum absolute atomic E-state index is 3.69. The van der Waals surface area contributed by atoms with Crippen molar-refractivity contribution in [2.24, 2.45) is 11.8 Å². The Morgan fingerprint density at radius 2 is 1.88 bits per heavy atom. The van der Waals surface area contributed by atoms with Gasteiger partial charge in [-0.2, -0.15) is 0 Å². The van der Waals surface area contributed by atoms with Crippen LogP contribution in [0.2, 0.25) is 0 Å². The van der Waals surface area contributed by atoms with Crippen LogP contribution in [0, 0.1) is 25.7 Å². The Hall–Kier alpha value is -0.500. The maximum atomic E-state index is 3.69. The first-order valence-electron chi connectivity index (χ1n) is 6.00. The highest BCUT2D eigenvalue weighted by atomic mass is 79.9. The molecule has 2 heteroatoms. The van der Waals surface area contributed by atoms with Crippen LogP contribution >= 0.6 is 15.9 Å². The van der Waals surface area contributed by atoms with Gasteiger partial charge in [0.1, 0.15) is 0 Å². The first-order chi connectivity index (χ1) is 7.49. The lowest BCUT2D eigenvalue weighted by Gasteiger charge is -2.44. The molecular formula is C14H20BrN. The van der Waals surface area contributed by atoms with Gasteiger partial charge in [-0.05, 0) is 58.8 Å². The number of hydrogen-bond acceptors (Lipinski definition) is 1. The molecule has 0 N–H and O–H groups in total. The second-order valence-corrected chi connectivity index (χ2v) is 6.18. The molecule has 1 nitrogen and oxygen atoms in total. The van der Waals surface area contributed by atoms with Gasteiger partial charge in [0.05, 0.1) is 5.69 Å². The topological polar surface area (TPSA) is 3.24 Å². The van der Waals surface area contributed by atoms with Gasteiger partial charge < -0.3 is 4.90 Å². The number of aryl methyl sites for hydroxylation is 2. The molecule has 1 saturated heterocycles. The summed E-state index contributed by atoms with van der Waals surface area (Å²) >= 11 is 3.69. The van der Waals surface area contributed by atoms with Crippen molar-refractivity contribution in [2.75, 3.05) is 18.0 Å². The van der Waals surface area contributed by atoms with Gasteiger partial charge >= 0.3 is 0 Å². The van der Waals surface area contributed by atoms with Crippen LogP contribution in [0.1, 0.15) is 25.0 Å². The molecule has 0 bridgehead atoms. The lowest BCUT2D eigenvalue weighted by Crippen LogP contribution is -2.49. The zero-order chi connectivity index (χ0) is 11.9. The molecule has 0 saturated carbocycles. The quantitative estimate of drug-likeness (QED) is 0.787. The van der Waals surface area contributed by atoms with Crippen molar-refractivity contribution < 1.29 is 0 Å². The minimum Gasteiger partial charge on any atom is -0.370 e. The highest BCUT2D eigenvalue weighted by molar-refractivity contribution is 9.10. The summed E-state index contributed by atoms with van der Waals surface area (Å²) in [6.07, 6.45) is 0. The lowest BCUT2D eigenvalue weighted by molar-refractivity contribution is 0.309. The Morgan fingerprint density at radius 3 is 2.38 bits per heavy atom. The minimum absolute atomic E-state index is 0.806. The van der Waals surface area contributed by atoms with E-state index in [0.29, 0.717) is 0 Å². The number of halogens is 1. The molecule has 1 aromatic rings. The van der Waals surface area contributed by atoms with E-state index in [4.69, 9.17) is 0 Å². The smallest absolute Gasteiger partial charge is 0.0540 e. The fraction of sp³-hybridized carbons (Fsp3) is 0.571. The molecule has 0 amide bonds. The summed E-state index contributed by atoms with van der Waals surface area (Å²) in [5.74, 6) is 1.67. The second-order valence-electron chi connectivity index (χ2n) is 5.32. The predicted octanol–water partition coefficient (Wildman–Crippen LogP) is 4.16. The number of anilines is 1. The molecule has 0 aromatic heterocycles. The second kappa shape index (κ2) is 4.40. The van der Waals surface area contributed by atoms with E-state index in [1.165, 1.54) is 34.4 Å². The standard InChI is InChI=1S/C14H20BrN/c1-9(2)12-7-16(8-12)14-11(4)5-10(3)6-13(14)15/h5-6,9,12H,7-8H2,1-4H3. The molecular weight excluding hydrogens is 262 g/mol. The van der Waals surface area contributed by atoms with Crippen LogP contribution in [0.4, 0.5) is 5.69 Å². The summed E-state index contributed by atoms with van der Waals surface area (Å²) in [5.41, 5.74) is 4.10. The zero-order valence-electron chi connectivity index (χ0n) is 10.5. The van der Waals surface area contributed by atoms with Crippen molar-refractivity contribution in [3.63, 3.8) is 0 Å². The van der Waals surface area contributed by atoms with Crippen molar-refractivity contribution in [1.82, 2.24) is 0 Å². The molecule has 1 aliphatic heterocycles. The average Bonchev–Trinajstić information content (AvgIpc) is 2.05. The van der Waals surface area contributed by atoms with E-state index in [2.05, 4.69) is 60.7 Å². The van der Waals surface area contributed by atoms with Crippen molar-refractivity contribution in [2.45, 2.75) is 27.7 Å². The van der Waals surface area contributed by atoms with Gasteiger partial charge in [-0.3, -0.25) is 0 Å². The number of rotatable bonds is 2. The van der Waals surface area contributed by atoms with Crippen LogP contribution < -0.4 is 4.90 Å². The van der Waals surface area contributed by atoms with Crippen LogP contribution in [-0.2, 0) is 0 Å². The molecule has 1 heterocycles. The summed E-state index contributed by atoms with van der Waals surface area (Å²) in [6, 6.07) is 4.48. The van der Waals surface area contributed by atoms with Gasteiger partial charge in [0, 0.05) is 17.6 Å². The van der Waals surface area contributed by atoms with Crippen LogP contribution in [0.5, 0.6) is 0 Å². The Morgan fingerprint density at radius 1 is 1.25 bits per heavy atom. The molecule has 0 unspecified atom stereocenters. The average molecular weight is 282 g/mol. The first kappa shape index (κ1) is 12.0. The Labute approximate surface area is 107 Å². The highest BCUT2D eigenvalue weighted by Crippen LogP contribution is 2.37. The molecule has 0 spiro atoms. The van der Waals surface area contributed by atoms with Gasteiger partial charge in [-0.1, -0.05) is 19.9 Å². The zero-order valence-corrected chi connectivity index (χ0v) is 12.1. The van der Waals surface area contributed by atoms with E-state index < -0.39 is 0 Å². The summed E-state index contributed by atoms with van der Waals surface area (Å²) in [4.78, 5) is 2.49. The van der Waals surface area contributed by atoms with E-state index in [-0.39, 0.29) is 0 Å². The molecule has 88 valence electrons. The van der Waals surface area contributed by atoms with Gasteiger partial charge in [0.15, 0.2) is 0 Å². The molecule has 2 rings (SSSR count). The van der Waals surface area contributed by atoms with E-state index in [1.54, 1.807) is 0 Å². The third kappa shape index (κ3) is 2.13. The van der Waals surface area contributed by atoms with E-state index >= 15 is 0 Å². The van der Waals surface area contributed by atoms with Crippen molar-refractivity contribution in [1.29, 1.82) is 0 Å². The lowest BCUT2D eigenvalue weighted by atomic mass is 9.87. The van der Waals surface area contributed by atoms with Crippen LogP contribution in [0.25, 0.3) is 0 Å². The fourth-order valence-corrected chi connectivity index (χ4v) is 3.35. The largest absolute Gasteiger partial charge is 0.370 e. The molecule has 1 aliphatic rings. The third-order valence-electron chi connectivity index (χ3n) is 3.57.